The number of halogens is 1. The molecule has 0 amide bonds. The molecule has 0 heterocycles. The summed E-state index contributed by atoms with van der Waals surface area (Å²) in [6.45, 7) is 13.4. The Morgan fingerprint density at radius 1 is 1.28 bits per heavy atom. The van der Waals surface area contributed by atoms with Gasteiger partial charge in [0.1, 0.15) is 0 Å². The first-order valence-electron chi connectivity index (χ1n) is 6.88. The Morgan fingerprint density at radius 2 is 1.89 bits per heavy atom. The molecule has 1 spiro atoms. The van der Waals surface area contributed by atoms with Crippen LogP contribution in [0.15, 0.2) is 23.3 Å². The van der Waals surface area contributed by atoms with Gasteiger partial charge in [0.25, 0.3) is 0 Å². The van der Waals surface area contributed by atoms with Crippen molar-refractivity contribution >= 4 is 15.9 Å². The summed E-state index contributed by atoms with van der Waals surface area (Å²) in [5.41, 5.74) is 4.52. The Labute approximate surface area is 119 Å². The zero-order chi connectivity index (χ0) is 13.7. The molecule has 0 unspecified atom stereocenters. The molecule has 1 nitrogen and oxygen atoms in total. The molecular weight excluding hydrogens is 288 g/mol. The van der Waals surface area contributed by atoms with Crippen LogP contribution in [0.3, 0.4) is 0 Å². The van der Waals surface area contributed by atoms with Crippen LogP contribution >= 0.6 is 15.9 Å². The maximum Gasteiger partial charge on any atom is 0.0707 e. The summed E-state index contributed by atoms with van der Waals surface area (Å²) in [6.07, 6.45) is 3.90. The van der Waals surface area contributed by atoms with Crippen LogP contribution in [0.4, 0.5) is 0 Å². The van der Waals surface area contributed by atoms with Gasteiger partial charge in [-0.2, -0.15) is 0 Å². The van der Waals surface area contributed by atoms with Crippen molar-refractivity contribution in [1.82, 2.24) is 0 Å². The fraction of sp³-hybridized carbons (Fsp3) is 0.750. The van der Waals surface area contributed by atoms with Crippen molar-refractivity contribution in [1.29, 1.82) is 0 Å². The van der Waals surface area contributed by atoms with Crippen LogP contribution in [0.2, 0.25) is 0 Å². The van der Waals surface area contributed by atoms with Crippen LogP contribution in [0.5, 0.6) is 0 Å². The molecule has 102 valence electrons. The second-order valence-corrected chi connectivity index (χ2v) is 7.80. The molecule has 2 aliphatic carbocycles. The maximum atomic E-state index is 10.2. The van der Waals surface area contributed by atoms with E-state index in [1.54, 1.807) is 5.57 Å². The van der Waals surface area contributed by atoms with E-state index < -0.39 is 0 Å². The van der Waals surface area contributed by atoms with Gasteiger partial charge in [0, 0.05) is 10.2 Å². The molecule has 0 aromatic heterocycles. The molecule has 0 bridgehead atoms. The largest absolute Gasteiger partial charge is 0.392 e. The van der Waals surface area contributed by atoms with Gasteiger partial charge in [0.05, 0.1) is 6.10 Å². The lowest BCUT2D eigenvalue weighted by Gasteiger charge is -2.57. The topological polar surface area (TPSA) is 20.2 Å². The van der Waals surface area contributed by atoms with Crippen molar-refractivity contribution in [2.24, 2.45) is 10.8 Å². The lowest BCUT2D eigenvalue weighted by molar-refractivity contribution is -0.000834. The molecule has 2 aliphatic rings. The van der Waals surface area contributed by atoms with E-state index in [1.165, 1.54) is 24.0 Å². The van der Waals surface area contributed by atoms with Crippen molar-refractivity contribution in [2.45, 2.75) is 64.3 Å². The molecule has 1 fully saturated rings. The standard InChI is InChI=1S/C16H25BrO/c1-10-6-7-16(9-11(10)2)12(3)8-13(18)14(17)15(16,4)5/h13-14,18H,3,6-9H2,1-2,4-5H3/t13-,14-,16+/m1/s1. The van der Waals surface area contributed by atoms with E-state index in [0.29, 0.717) is 0 Å². The lowest BCUT2D eigenvalue weighted by atomic mass is 9.50. The van der Waals surface area contributed by atoms with Gasteiger partial charge in [-0.05, 0) is 44.9 Å². The highest BCUT2D eigenvalue weighted by molar-refractivity contribution is 9.09. The summed E-state index contributed by atoms with van der Waals surface area (Å²) in [4.78, 5) is 0.154. The number of rotatable bonds is 0. The van der Waals surface area contributed by atoms with E-state index in [1.807, 2.05) is 0 Å². The first kappa shape index (κ1) is 14.3. The molecule has 18 heavy (non-hydrogen) atoms. The monoisotopic (exact) mass is 312 g/mol. The van der Waals surface area contributed by atoms with Crippen LogP contribution in [-0.2, 0) is 0 Å². The smallest absolute Gasteiger partial charge is 0.0707 e. The zero-order valence-corrected chi connectivity index (χ0v) is 13.6. The number of hydrogen-bond donors (Lipinski definition) is 1. The summed E-state index contributed by atoms with van der Waals surface area (Å²) in [6, 6.07) is 0. The van der Waals surface area contributed by atoms with Crippen LogP contribution in [0, 0.1) is 10.8 Å². The number of alkyl halides is 1. The molecular formula is C16H25BrO. The van der Waals surface area contributed by atoms with E-state index in [4.69, 9.17) is 0 Å². The Balaban J connectivity index is 2.45. The van der Waals surface area contributed by atoms with Gasteiger partial charge in [-0.3, -0.25) is 0 Å². The van der Waals surface area contributed by atoms with Crippen molar-refractivity contribution in [3.05, 3.63) is 23.3 Å². The van der Waals surface area contributed by atoms with Gasteiger partial charge < -0.3 is 5.11 Å². The van der Waals surface area contributed by atoms with E-state index >= 15 is 0 Å². The number of aliphatic hydroxyl groups excluding tert-OH is 1. The van der Waals surface area contributed by atoms with Crippen molar-refractivity contribution in [3.8, 4) is 0 Å². The Kier molecular flexibility index (Phi) is 3.57. The van der Waals surface area contributed by atoms with Gasteiger partial charge in [-0.15, -0.1) is 0 Å². The van der Waals surface area contributed by atoms with Gasteiger partial charge in [0.15, 0.2) is 0 Å². The third-order valence-electron chi connectivity index (χ3n) is 5.62. The lowest BCUT2D eigenvalue weighted by Crippen LogP contribution is -2.54. The Morgan fingerprint density at radius 3 is 2.44 bits per heavy atom. The predicted molar refractivity (Wildman–Crippen MR) is 80.9 cm³/mol. The molecule has 1 N–H and O–H groups in total. The number of allylic oxidation sites excluding steroid dienone is 2. The third kappa shape index (κ3) is 1.84. The fourth-order valence-corrected chi connectivity index (χ4v) is 4.53. The Hall–Kier alpha value is -0.0800. The molecule has 0 aromatic rings. The minimum atomic E-state index is -0.301. The number of hydrogen-bond acceptors (Lipinski definition) is 1. The van der Waals surface area contributed by atoms with Crippen LogP contribution in [0.25, 0.3) is 0 Å². The van der Waals surface area contributed by atoms with Crippen molar-refractivity contribution < 1.29 is 5.11 Å². The van der Waals surface area contributed by atoms with Crippen molar-refractivity contribution in [3.63, 3.8) is 0 Å². The average molecular weight is 313 g/mol. The van der Waals surface area contributed by atoms with Gasteiger partial charge in [0.2, 0.25) is 0 Å². The van der Waals surface area contributed by atoms with E-state index in [2.05, 4.69) is 50.2 Å². The summed E-state index contributed by atoms with van der Waals surface area (Å²) >= 11 is 3.74. The number of aliphatic hydroxyl groups is 1. The van der Waals surface area contributed by atoms with Gasteiger partial charge >= 0.3 is 0 Å². The molecule has 0 radical (unpaired) electrons. The normalized spacial score (nSPS) is 40.4. The summed E-state index contributed by atoms with van der Waals surface area (Å²) < 4.78 is 0. The minimum Gasteiger partial charge on any atom is -0.392 e. The summed E-state index contributed by atoms with van der Waals surface area (Å²) in [5.74, 6) is 0. The highest BCUT2D eigenvalue weighted by Gasteiger charge is 2.56. The zero-order valence-electron chi connectivity index (χ0n) is 12.0. The minimum absolute atomic E-state index is 0.0453. The second kappa shape index (κ2) is 4.49. The summed E-state index contributed by atoms with van der Waals surface area (Å²) in [5, 5.41) is 10.2. The highest BCUT2D eigenvalue weighted by atomic mass is 79.9. The second-order valence-electron chi connectivity index (χ2n) is 6.82. The Bertz CT molecular complexity index is 407. The molecule has 1 saturated carbocycles. The van der Waals surface area contributed by atoms with Gasteiger partial charge in [-0.1, -0.05) is 53.1 Å². The summed E-state index contributed by atoms with van der Waals surface area (Å²) in [7, 11) is 0. The fourth-order valence-electron chi connectivity index (χ4n) is 3.91. The maximum absolute atomic E-state index is 10.2. The SMILES string of the molecule is C=C1C[C@@H](O)[C@@H](Br)C(C)(C)[C@]12CCC(C)=C(C)C2. The van der Waals surface area contributed by atoms with Crippen LogP contribution in [-0.4, -0.2) is 16.0 Å². The van der Waals surface area contributed by atoms with E-state index in [-0.39, 0.29) is 21.8 Å². The predicted octanol–water partition coefficient (Wildman–Crippen LogP) is 4.60. The highest BCUT2D eigenvalue weighted by Crippen LogP contribution is 2.62. The molecule has 2 rings (SSSR count). The average Bonchev–Trinajstić information content (AvgIpc) is 2.29. The van der Waals surface area contributed by atoms with E-state index in [0.717, 1.165) is 12.8 Å². The molecule has 0 aliphatic heterocycles. The van der Waals surface area contributed by atoms with Crippen LogP contribution < -0.4 is 0 Å². The molecule has 0 saturated heterocycles. The first-order chi connectivity index (χ1) is 8.22. The van der Waals surface area contributed by atoms with E-state index in [9.17, 15) is 5.11 Å². The quantitative estimate of drug-likeness (QED) is 0.512. The third-order valence-corrected chi connectivity index (χ3v) is 7.37. The first-order valence-corrected chi connectivity index (χ1v) is 7.79. The molecule has 2 heteroatoms. The van der Waals surface area contributed by atoms with Gasteiger partial charge in [-0.25, -0.2) is 0 Å². The van der Waals surface area contributed by atoms with Crippen LogP contribution in [0.1, 0.15) is 53.4 Å². The molecule has 0 aromatic carbocycles. The molecule has 3 atom stereocenters. The van der Waals surface area contributed by atoms with Crippen molar-refractivity contribution in [2.75, 3.05) is 0 Å².